The Balaban J connectivity index is 0.955. The quantitative estimate of drug-likeness (QED) is 0.104. The number of ether oxygens (including phenoxy) is 2. The molecular weight excluding hydrogens is 815 g/mol. The third-order valence-corrected chi connectivity index (χ3v) is 12.8. The van der Waals surface area contributed by atoms with Crippen LogP contribution in [0.2, 0.25) is 0 Å². The molecule has 0 fully saturated rings. The van der Waals surface area contributed by atoms with Crippen LogP contribution >= 0.6 is 0 Å². The topological polar surface area (TPSA) is 78.0 Å². The number of hydrogen-bond acceptors (Lipinski definition) is 5. The molecule has 0 atom stereocenters. The number of aromatic hydroxyl groups is 1. The second kappa shape index (κ2) is 16.7. The van der Waals surface area contributed by atoms with Crippen LogP contribution in [-0.2, 0) is 10.8 Å². The molecule has 0 radical (unpaired) electrons. The Morgan fingerprint density at radius 3 is 1.26 bits per heavy atom. The molecular formula is C59H53N3O4. The van der Waals surface area contributed by atoms with Crippen molar-refractivity contribution in [3.05, 3.63) is 186 Å². The molecule has 2 aromatic heterocycles. The molecule has 0 unspecified atom stereocenters. The summed E-state index contributed by atoms with van der Waals surface area (Å²) in [6.45, 7) is 13.9. The van der Waals surface area contributed by atoms with E-state index < -0.39 is 0 Å². The zero-order valence-corrected chi connectivity index (χ0v) is 38.3. The number of rotatable bonds is 11. The third-order valence-electron chi connectivity index (χ3n) is 12.8. The summed E-state index contributed by atoms with van der Waals surface area (Å²) < 4.78 is 17.5. The molecule has 10 rings (SSSR count). The van der Waals surface area contributed by atoms with E-state index in [2.05, 4.69) is 141 Å². The molecule has 0 saturated carbocycles. The average Bonchev–Trinajstić information content (AvgIpc) is 3.84. The van der Waals surface area contributed by atoms with Crippen molar-refractivity contribution in [3.63, 3.8) is 0 Å². The fourth-order valence-corrected chi connectivity index (χ4v) is 9.37. The highest BCUT2D eigenvalue weighted by Crippen LogP contribution is 2.47. The van der Waals surface area contributed by atoms with E-state index in [-0.39, 0.29) is 16.6 Å². The van der Waals surface area contributed by atoms with Gasteiger partial charge < -0.3 is 23.7 Å². The van der Waals surface area contributed by atoms with Gasteiger partial charge >= 0.3 is 0 Å². The van der Waals surface area contributed by atoms with Gasteiger partial charge in [-0.2, -0.15) is 0 Å². The molecule has 7 heteroatoms. The summed E-state index contributed by atoms with van der Waals surface area (Å²) in [5, 5.41) is 20.6. The van der Waals surface area contributed by atoms with Crippen LogP contribution in [0, 0.1) is 4.91 Å². The van der Waals surface area contributed by atoms with E-state index in [0.717, 1.165) is 77.2 Å². The molecule has 0 aliphatic rings. The van der Waals surface area contributed by atoms with E-state index in [4.69, 9.17) is 9.47 Å². The standard InChI is InChI=1S/C59H53N3O4/c1-58(2,3)38-34-46(56(60-64)52(36-38)61-48-26-13-7-20-40(48)41-21-8-14-27-49(41)61)44-24-11-17-30-54(44)65-32-19-33-66-55-31-18-12-25-45(55)47-35-39(59(4,5)6)37-53(57(47)63)62-50-28-15-9-22-42(50)43-23-10-16-29-51(43)62/h7-18,20-31,34-37,63H,19,32-33H2,1-6H3. The first kappa shape index (κ1) is 42.3. The lowest BCUT2D eigenvalue weighted by Gasteiger charge is -2.24. The summed E-state index contributed by atoms with van der Waals surface area (Å²) in [7, 11) is 0. The summed E-state index contributed by atoms with van der Waals surface area (Å²) in [5.74, 6) is 1.51. The SMILES string of the molecule is CC(C)(C)c1cc(-c2ccccc2OCCCOc2ccccc2-c2cc(C(C)(C)C)cc(-n3c4ccccc4c4ccccc43)c2N=O)c(O)c(-n2c3ccccc3c3ccccc32)c1. The molecule has 328 valence electrons. The van der Waals surface area contributed by atoms with Gasteiger partial charge in [0.1, 0.15) is 22.9 Å². The van der Waals surface area contributed by atoms with Crippen molar-refractivity contribution in [3.8, 4) is 50.9 Å². The van der Waals surface area contributed by atoms with Gasteiger partial charge in [0.2, 0.25) is 0 Å². The predicted octanol–water partition coefficient (Wildman–Crippen LogP) is 15.8. The molecule has 2 heterocycles. The first-order chi connectivity index (χ1) is 31.9. The van der Waals surface area contributed by atoms with E-state index in [1.165, 1.54) is 0 Å². The van der Waals surface area contributed by atoms with Crippen LogP contribution in [0.5, 0.6) is 17.2 Å². The van der Waals surface area contributed by atoms with E-state index in [1.54, 1.807) is 0 Å². The molecule has 0 amide bonds. The Bertz CT molecular complexity index is 3360. The molecule has 8 aromatic carbocycles. The van der Waals surface area contributed by atoms with Gasteiger partial charge in [-0.15, -0.1) is 4.91 Å². The number of phenols is 1. The Labute approximate surface area is 385 Å². The third kappa shape index (κ3) is 7.44. The molecule has 10 aromatic rings. The van der Waals surface area contributed by atoms with Gasteiger partial charge in [-0.05, 0) is 87.8 Å². The monoisotopic (exact) mass is 867 g/mol. The number of aromatic nitrogens is 2. The number of benzene rings is 8. The van der Waals surface area contributed by atoms with Crippen LogP contribution in [-0.4, -0.2) is 27.5 Å². The molecule has 0 aliphatic carbocycles. The minimum atomic E-state index is -0.232. The Kier molecular flexibility index (Phi) is 10.7. The van der Waals surface area contributed by atoms with Gasteiger partial charge in [0, 0.05) is 50.2 Å². The molecule has 1 N–H and O–H groups in total. The van der Waals surface area contributed by atoms with E-state index >= 15 is 0 Å². The van der Waals surface area contributed by atoms with Crippen molar-refractivity contribution < 1.29 is 14.6 Å². The second-order valence-electron chi connectivity index (χ2n) is 19.2. The second-order valence-corrected chi connectivity index (χ2v) is 19.2. The number of nitrogens with zero attached hydrogens (tertiary/aromatic N) is 3. The summed E-state index contributed by atoms with van der Waals surface area (Å²) in [6, 6.07) is 57.5. The van der Waals surface area contributed by atoms with Crippen molar-refractivity contribution in [1.82, 2.24) is 9.13 Å². The Morgan fingerprint density at radius 2 is 0.818 bits per heavy atom. The zero-order chi connectivity index (χ0) is 45.7. The van der Waals surface area contributed by atoms with Gasteiger partial charge in [-0.3, -0.25) is 0 Å². The lowest BCUT2D eigenvalue weighted by Crippen LogP contribution is -2.13. The number of hydrogen-bond donors (Lipinski definition) is 1. The average molecular weight is 868 g/mol. The van der Waals surface area contributed by atoms with Gasteiger partial charge in [0.15, 0.2) is 0 Å². The smallest absolute Gasteiger partial charge is 0.147 e. The minimum absolute atomic E-state index is 0.187. The molecule has 66 heavy (non-hydrogen) atoms. The highest BCUT2D eigenvalue weighted by molar-refractivity contribution is 6.11. The molecule has 7 nitrogen and oxygen atoms in total. The fourth-order valence-electron chi connectivity index (χ4n) is 9.37. The normalized spacial score (nSPS) is 12.1. The maximum atomic E-state index is 13.2. The van der Waals surface area contributed by atoms with Crippen LogP contribution in [0.15, 0.2) is 175 Å². The molecule has 0 aliphatic heterocycles. The maximum absolute atomic E-state index is 13.2. The van der Waals surface area contributed by atoms with Crippen molar-refractivity contribution in [2.45, 2.75) is 58.8 Å². The van der Waals surface area contributed by atoms with Crippen LogP contribution < -0.4 is 9.47 Å². The van der Waals surface area contributed by atoms with Gasteiger partial charge in [-0.25, -0.2) is 0 Å². The molecule has 0 spiro atoms. The highest BCUT2D eigenvalue weighted by atomic mass is 16.5. The lowest BCUT2D eigenvalue weighted by molar-refractivity contribution is 0.248. The van der Waals surface area contributed by atoms with Crippen LogP contribution in [0.1, 0.15) is 59.1 Å². The van der Waals surface area contributed by atoms with Crippen LogP contribution in [0.3, 0.4) is 0 Å². The predicted molar refractivity (Wildman–Crippen MR) is 273 cm³/mol. The largest absolute Gasteiger partial charge is 0.505 e. The Hall–Kier alpha value is -7.64. The first-order valence-electron chi connectivity index (χ1n) is 22.7. The first-order valence-corrected chi connectivity index (χ1v) is 22.7. The van der Waals surface area contributed by atoms with E-state index in [0.29, 0.717) is 47.9 Å². The van der Waals surface area contributed by atoms with Gasteiger partial charge in [-0.1, -0.05) is 151 Å². The van der Waals surface area contributed by atoms with Crippen molar-refractivity contribution in [2.75, 3.05) is 13.2 Å². The number of para-hydroxylation sites is 6. The maximum Gasteiger partial charge on any atom is 0.147 e. The number of phenolic OH excluding ortho intramolecular Hbond substituents is 1. The Morgan fingerprint density at radius 1 is 0.455 bits per heavy atom. The summed E-state index contributed by atoms with van der Waals surface area (Å²) in [6.07, 6.45) is 0.580. The highest BCUT2D eigenvalue weighted by Gasteiger charge is 2.26. The molecule has 0 saturated heterocycles. The van der Waals surface area contributed by atoms with Crippen molar-refractivity contribution in [1.29, 1.82) is 0 Å². The summed E-state index contributed by atoms with van der Waals surface area (Å²) in [5.41, 5.74) is 10.6. The summed E-state index contributed by atoms with van der Waals surface area (Å²) in [4.78, 5) is 13.2. The molecule has 0 bridgehead atoms. The zero-order valence-electron chi connectivity index (χ0n) is 38.3. The van der Waals surface area contributed by atoms with Crippen molar-refractivity contribution >= 4 is 49.3 Å². The number of nitroso groups, excluding NO2 is 1. The summed E-state index contributed by atoms with van der Waals surface area (Å²) >= 11 is 0. The van der Waals surface area contributed by atoms with Gasteiger partial charge in [0.05, 0.1) is 46.7 Å². The lowest BCUT2D eigenvalue weighted by atomic mass is 9.84. The van der Waals surface area contributed by atoms with E-state index in [1.807, 2.05) is 84.9 Å². The van der Waals surface area contributed by atoms with Crippen LogP contribution in [0.4, 0.5) is 5.69 Å². The van der Waals surface area contributed by atoms with Crippen LogP contribution in [0.25, 0.3) is 77.2 Å². The minimum Gasteiger partial charge on any atom is -0.505 e. The fraction of sp³-hybridized carbons (Fsp3) is 0.186. The van der Waals surface area contributed by atoms with Gasteiger partial charge in [0.25, 0.3) is 0 Å². The van der Waals surface area contributed by atoms with Crippen molar-refractivity contribution in [2.24, 2.45) is 5.18 Å². The number of fused-ring (bicyclic) bond motifs is 6. The van der Waals surface area contributed by atoms with E-state index in [9.17, 15) is 10.0 Å².